The Morgan fingerprint density at radius 1 is 1.14 bits per heavy atom. The lowest BCUT2D eigenvalue weighted by molar-refractivity contribution is -0.134. The number of sulfone groups is 1. The molecule has 0 bridgehead atoms. The van der Waals surface area contributed by atoms with Crippen LogP contribution in [-0.4, -0.2) is 25.7 Å². The zero-order valence-electron chi connectivity index (χ0n) is 13.7. The number of rotatable bonds is 5. The summed E-state index contributed by atoms with van der Waals surface area (Å²) in [6, 6.07) is 0. The molecule has 2 aliphatic rings. The highest BCUT2D eigenvalue weighted by atomic mass is 32.2. The van der Waals surface area contributed by atoms with Gasteiger partial charge in [0.25, 0.3) is 0 Å². The van der Waals surface area contributed by atoms with Crippen molar-refractivity contribution in [2.75, 3.05) is 6.26 Å². The molecule has 0 heterocycles. The van der Waals surface area contributed by atoms with Crippen molar-refractivity contribution in [3.63, 3.8) is 0 Å². The van der Waals surface area contributed by atoms with E-state index in [0.717, 1.165) is 51.4 Å². The largest absolute Gasteiger partial charge is 0.299 e. The van der Waals surface area contributed by atoms with E-state index in [4.69, 9.17) is 0 Å². The van der Waals surface area contributed by atoms with Gasteiger partial charge in [0.1, 0.15) is 15.6 Å². The third-order valence-electron chi connectivity index (χ3n) is 5.48. The van der Waals surface area contributed by atoms with Crippen molar-refractivity contribution >= 4 is 15.6 Å². The summed E-state index contributed by atoms with van der Waals surface area (Å²) in [5.41, 5.74) is -0.141. The smallest absolute Gasteiger partial charge is 0.150 e. The molecule has 0 spiro atoms. The minimum atomic E-state index is -3.01. The molecular formula is C17H30O3S. The first-order valence-corrected chi connectivity index (χ1v) is 10.4. The molecule has 0 saturated heterocycles. The van der Waals surface area contributed by atoms with Crippen molar-refractivity contribution < 1.29 is 13.2 Å². The van der Waals surface area contributed by atoms with Gasteiger partial charge in [0.15, 0.2) is 0 Å². The molecule has 0 amide bonds. The predicted octanol–water partition coefficient (Wildman–Crippen LogP) is 3.77. The lowest BCUT2D eigenvalue weighted by Gasteiger charge is -2.36. The van der Waals surface area contributed by atoms with E-state index in [1.54, 1.807) is 0 Å². The highest BCUT2D eigenvalue weighted by Gasteiger charge is 2.45. The van der Waals surface area contributed by atoms with Crippen LogP contribution in [0.15, 0.2) is 0 Å². The van der Waals surface area contributed by atoms with Crippen LogP contribution in [0.25, 0.3) is 0 Å². The maximum absolute atomic E-state index is 13.1. The van der Waals surface area contributed by atoms with Gasteiger partial charge in [-0.2, -0.15) is 0 Å². The summed E-state index contributed by atoms with van der Waals surface area (Å²) in [5.74, 6) is 0.902. The van der Waals surface area contributed by atoms with Gasteiger partial charge in [-0.1, -0.05) is 33.1 Å². The molecule has 3 nitrogen and oxygen atoms in total. The van der Waals surface area contributed by atoms with E-state index in [1.807, 2.05) is 0 Å². The quantitative estimate of drug-likeness (QED) is 0.776. The summed E-state index contributed by atoms with van der Waals surface area (Å²) >= 11 is 0. The van der Waals surface area contributed by atoms with Crippen LogP contribution in [0.4, 0.5) is 0 Å². The molecule has 2 aliphatic carbocycles. The van der Waals surface area contributed by atoms with E-state index in [0.29, 0.717) is 18.1 Å². The second kappa shape index (κ2) is 6.39. The molecule has 2 saturated carbocycles. The van der Waals surface area contributed by atoms with Crippen LogP contribution in [0.2, 0.25) is 0 Å². The Bertz CT molecular complexity index is 472. The summed E-state index contributed by atoms with van der Waals surface area (Å²) < 4.78 is 23.6. The number of Topliss-reactive ketones (excluding diaryl/α,β-unsaturated/α-hetero) is 1. The SMILES string of the molecule is CC(C)CC1(C(=O)C2CCCC(S(C)(=O)=O)C2)CCCC1. The molecule has 2 rings (SSSR count). The third-order valence-corrected chi connectivity index (χ3v) is 7.12. The molecule has 4 heteroatoms. The third kappa shape index (κ3) is 3.88. The first-order valence-electron chi connectivity index (χ1n) is 8.48. The van der Waals surface area contributed by atoms with E-state index in [1.165, 1.54) is 6.26 Å². The minimum absolute atomic E-state index is 0.0182. The van der Waals surface area contributed by atoms with Gasteiger partial charge in [-0.05, 0) is 44.4 Å². The summed E-state index contributed by atoms with van der Waals surface area (Å²) in [6.07, 6.45) is 9.72. The van der Waals surface area contributed by atoms with Gasteiger partial charge in [0, 0.05) is 17.6 Å². The summed E-state index contributed by atoms with van der Waals surface area (Å²) in [7, 11) is -3.01. The molecule has 0 N–H and O–H groups in total. The summed E-state index contributed by atoms with van der Waals surface area (Å²) in [4.78, 5) is 13.1. The van der Waals surface area contributed by atoms with E-state index < -0.39 is 9.84 Å². The van der Waals surface area contributed by atoms with Crippen LogP contribution in [0, 0.1) is 17.3 Å². The van der Waals surface area contributed by atoms with Crippen LogP contribution in [0.3, 0.4) is 0 Å². The Labute approximate surface area is 129 Å². The second-order valence-corrected chi connectivity index (χ2v) is 10.1. The monoisotopic (exact) mass is 314 g/mol. The van der Waals surface area contributed by atoms with Crippen LogP contribution in [-0.2, 0) is 14.6 Å². The second-order valence-electron chi connectivity index (χ2n) is 7.76. The number of ketones is 1. The Hall–Kier alpha value is -0.380. The Morgan fingerprint density at radius 2 is 1.76 bits per heavy atom. The first kappa shape index (κ1) is 17.0. The van der Waals surface area contributed by atoms with E-state index in [-0.39, 0.29) is 16.6 Å². The maximum Gasteiger partial charge on any atom is 0.150 e. The van der Waals surface area contributed by atoms with Crippen molar-refractivity contribution in [1.82, 2.24) is 0 Å². The molecule has 0 aromatic rings. The van der Waals surface area contributed by atoms with Crippen molar-refractivity contribution in [3.05, 3.63) is 0 Å². The van der Waals surface area contributed by atoms with Gasteiger partial charge in [-0.25, -0.2) is 8.42 Å². The number of hydrogen-bond acceptors (Lipinski definition) is 3. The van der Waals surface area contributed by atoms with Crippen LogP contribution in [0.1, 0.15) is 71.6 Å². The highest BCUT2D eigenvalue weighted by molar-refractivity contribution is 7.91. The number of hydrogen-bond donors (Lipinski definition) is 0. The lowest BCUT2D eigenvalue weighted by atomic mass is 9.68. The van der Waals surface area contributed by atoms with Gasteiger partial charge >= 0.3 is 0 Å². The Kier molecular flexibility index (Phi) is 5.17. The lowest BCUT2D eigenvalue weighted by Crippen LogP contribution is -2.39. The summed E-state index contributed by atoms with van der Waals surface area (Å²) in [5, 5.41) is -0.294. The molecule has 0 radical (unpaired) electrons. The van der Waals surface area contributed by atoms with Crippen LogP contribution in [0.5, 0.6) is 0 Å². The normalized spacial score (nSPS) is 29.7. The molecule has 0 aromatic carbocycles. The zero-order chi connectivity index (χ0) is 15.7. The van der Waals surface area contributed by atoms with Gasteiger partial charge in [-0.15, -0.1) is 0 Å². The van der Waals surface area contributed by atoms with Crippen LogP contribution < -0.4 is 0 Å². The minimum Gasteiger partial charge on any atom is -0.299 e. The molecule has 0 aliphatic heterocycles. The van der Waals surface area contributed by atoms with Crippen molar-refractivity contribution in [2.45, 2.75) is 76.9 Å². The number of carbonyl (C=O) groups excluding carboxylic acids is 1. The van der Waals surface area contributed by atoms with Crippen molar-refractivity contribution in [2.24, 2.45) is 17.3 Å². The topological polar surface area (TPSA) is 51.2 Å². The fraction of sp³-hybridized carbons (Fsp3) is 0.941. The molecule has 0 aromatic heterocycles. The van der Waals surface area contributed by atoms with Crippen LogP contribution >= 0.6 is 0 Å². The van der Waals surface area contributed by atoms with Crippen molar-refractivity contribution in [1.29, 1.82) is 0 Å². The highest BCUT2D eigenvalue weighted by Crippen LogP contribution is 2.47. The van der Waals surface area contributed by atoms with Gasteiger partial charge in [0.05, 0.1) is 5.25 Å². The molecular weight excluding hydrogens is 284 g/mol. The zero-order valence-corrected chi connectivity index (χ0v) is 14.5. The van der Waals surface area contributed by atoms with Crippen molar-refractivity contribution in [3.8, 4) is 0 Å². The maximum atomic E-state index is 13.1. The average Bonchev–Trinajstić information content (AvgIpc) is 2.86. The van der Waals surface area contributed by atoms with E-state index in [2.05, 4.69) is 13.8 Å². The molecule has 122 valence electrons. The Morgan fingerprint density at radius 3 is 2.29 bits per heavy atom. The molecule has 21 heavy (non-hydrogen) atoms. The molecule has 2 atom stereocenters. The number of carbonyl (C=O) groups is 1. The van der Waals surface area contributed by atoms with Gasteiger partial charge < -0.3 is 0 Å². The molecule has 2 unspecified atom stereocenters. The summed E-state index contributed by atoms with van der Waals surface area (Å²) in [6.45, 7) is 4.38. The fourth-order valence-corrected chi connectivity index (χ4v) is 5.77. The predicted molar refractivity (Wildman–Crippen MR) is 86.0 cm³/mol. The van der Waals surface area contributed by atoms with Gasteiger partial charge in [0.2, 0.25) is 0 Å². The molecule has 2 fully saturated rings. The standard InChI is InChI=1S/C17H30O3S/c1-13(2)12-17(9-4-5-10-17)16(18)14-7-6-8-15(11-14)21(3,19)20/h13-15H,4-12H2,1-3H3. The average molecular weight is 314 g/mol. The fourth-order valence-electron chi connectivity index (χ4n) is 4.59. The van der Waals surface area contributed by atoms with Gasteiger partial charge in [-0.3, -0.25) is 4.79 Å². The Balaban J connectivity index is 2.13. The first-order chi connectivity index (χ1) is 9.74. The van der Waals surface area contributed by atoms with E-state index >= 15 is 0 Å². The van der Waals surface area contributed by atoms with E-state index in [9.17, 15) is 13.2 Å².